The summed E-state index contributed by atoms with van der Waals surface area (Å²) in [6.45, 7) is 7.10. The maximum atomic E-state index is 13.3. The fourth-order valence-electron chi connectivity index (χ4n) is 5.32. The zero-order valence-corrected chi connectivity index (χ0v) is 24.6. The van der Waals surface area contributed by atoms with Crippen molar-refractivity contribution in [3.63, 3.8) is 0 Å². The summed E-state index contributed by atoms with van der Waals surface area (Å²) in [6.07, 6.45) is 4.25. The van der Waals surface area contributed by atoms with Gasteiger partial charge in [-0.1, -0.05) is 11.6 Å². The van der Waals surface area contributed by atoms with E-state index in [2.05, 4.69) is 14.9 Å². The second-order valence-corrected chi connectivity index (χ2v) is 13.4. The summed E-state index contributed by atoms with van der Waals surface area (Å²) >= 11 is 7.15. The van der Waals surface area contributed by atoms with Crippen molar-refractivity contribution in [3.8, 4) is 0 Å². The number of piperazine rings is 1. The number of rotatable bonds is 9. The van der Waals surface area contributed by atoms with Crippen LogP contribution in [-0.2, 0) is 19.6 Å². The average molecular weight is 601 g/mol. The second-order valence-electron chi connectivity index (χ2n) is 10.1. The van der Waals surface area contributed by atoms with Crippen LogP contribution >= 0.6 is 22.9 Å². The van der Waals surface area contributed by atoms with Gasteiger partial charge in [0.05, 0.1) is 10.9 Å². The predicted molar refractivity (Wildman–Crippen MR) is 152 cm³/mol. The number of carbonyl (C=O) groups excluding carboxylic acids is 3. The molecule has 0 aliphatic carbocycles. The van der Waals surface area contributed by atoms with Crippen LogP contribution in [0.2, 0.25) is 4.34 Å². The van der Waals surface area contributed by atoms with Gasteiger partial charge in [-0.3, -0.25) is 14.5 Å². The number of urea groups is 1. The minimum absolute atomic E-state index is 0.0370. The largest absolute Gasteiger partial charge is 0.338 e. The van der Waals surface area contributed by atoms with E-state index in [9.17, 15) is 22.8 Å². The van der Waals surface area contributed by atoms with E-state index in [0.717, 1.165) is 37.9 Å². The third-order valence-corrected chi connectivity index (χ3v) is 9.63. The molecule has 0 aromatic carbocycles. The van der Waals surface area contributed by atoms with Crippen molar-refractivity contribution in [2.75, 3.05) is 58.9 Å². The molecule has 1 aromatic rings. The first-order valence-electron chi connectivity index (χ1n) is 13.4. The van der Waals surface area contributed by atoms with Crippen LogP contribution in [0.15, 0.2) is 17.5 Å². The van der Waals surface area contributed by atoms with Crippen molar-refractivity contribution < 1.29 is 22.8 Å². The SMILES string of the molecule is CCNC(=O)N1CCN(CC2CCCN2C(=O)CN2CCCC(NS(=O)(=O)/C=C/c3ccc(Cl)s3)C2=O)CC1. The Kier molecular flexibility index (Phi) is 10.3. The van der Waals surface area contributed by atoms with E-state index in [0.29, 0.717) is 54.8 Å². The fourth-order valence-corrected chi connectivity index (χ4v) is 7.39. The first-order valence-corrected chi connectivity index (χ1v) is 16.2. The van der Waals surface area contributed by atoms with Crippen molar-refractivity contribution in [2.24, 2.45) is 0 Å². The molecule has 2 unspecified atom stereocenters. The number of sulfonamides is 1. The van der Waals surface area contributed by atoms with Gasteiger partial charge in [0.25, 0.3) is 0 Å². The Balaban J connectivity index is 1.28. The van der Waals surface area contributed by atoms with Gasteiger partial charge in [-0.2, -0.15) is 4.72 Å². The highest BCUT2D eigenvalue weighted by Gasteiger charge is 2.36. The molecule has 2 N–H and O–H groups in total. The smallest absolute Gasteiger partial charge is 0.317 e. The molecule has 14 heteroatoms. The Morgan fingerprint density at radius 2 is 1.85 bits per heavy atom. The van der Waals surface area contributed by atoms with Crippen molar-refractivity contribution in [2.45, 2.75) is 44.7 Å². The number of thiophene rings is 1. The molecule has 0 saturated carbocycles. The number of likely N-dealkylation sites (tertiary alicyclic amines) is 2. The molecule has 3 saturated heterocycles. The minimum atomic E-state index is -3.85. The number of nitrogens with zero attached hydrogens (tertiary/aromatic N) is 4. The third kappa shape index (κ3) is 8.16. The molecule has 11 nitrogen and oxygen atoms in total. The molecule has 216 valence electrons. The number of nitrogens with one attached hydrogen (secondary N) is 2. The van der Waals surface area contributed by atoms with E-state index in [4.69, 9.17) is 11.6 Å². The van der Waals surface area contributed by atoms with Gasteiger partial charge >= 0.3 is 6.03 Å². The van der Waals surface area contributed by atoms with E-state index in [1.54, 1.807) is 12.1 Å². The van der Waals surface area contributed by atoms with Gasteiger partial charge in [-0.25, -0.2) is 13.2 Å². The van der Waals surface area contributed by atoms with E-state index >= 15 is 0 Å². The monoisotopic (exact) mass is 600 g/mol. The molecule has 4 amide bonds. The molecule has 1 aromatic heterocycles. The van der Waals surface area contributed by atoms with E-state index in [1.807, 2.05) is 16.7 Å². The topological polar surface area (TPSA) is 122 Å². The van der Waals surface area contributed by atoms with Crippen LogP contribution < -0.4 is 10.0 Å². The molecule has 39 heavy (non-hydrogen) atoms. The van der Waals surface area contributed by atoms with Crippen molar-refractivity contribution in [1.82, 2.24) is 29.6 Å². The van der Waals surface area contributed by atoms with Gasteiger partial charge in [0.2, 0.25) is 21.8 Å². The third-order valence-electron chi connectivity index (χ3n) is 7.32. The lowest BCUT2D eigenvalue weighted by Gasteiger charge is -2.38. The Morgan fingerprint density at radius 1 is 1.10 bits per heavy atom. The molecule has 2 atom stereocenters. The molecular weight excluding hydrogens is 564 g/mol. The number of piperidine rings is 1. The van der Waals surface area contributed by atoms with Crippen LogP contribution in [0, 0.1) is 0 Å². The van der Waals surface area contributed by atoms with Crippen LogP contribution in [-0.4, -0.2) is 117 Å². The van der Waals surface area contributed by atoms with Crippen molar-refractivity contribution in [1.29, 1.82) is 0 Å². The minimum Gasteiger partial charge on any atom is -0.338 e. The Hall–Kier alpha value is -2.19. The van der Waals surface area contributed by atoms with Crippen molar-refractivity contribution in [3.05, 3.63) is 26.8 Å². The molecule has 0 bridgehead atoms. The zero-order valence-electron chi connectivity index (χ0n) is 22.2. The van der Waals surface area contributed by atoms with Gasteiger partial charge in [-0.15, -0.1) is 11.3 Å². The lowest BCUT2D eigenvalue weighted by atomic mass is 10.1. The van der Waals surface area contributed by atoms with Crippen LogP contribution in [0.3, 0.4) is 0 Å². The maximum absolute atomic E-state index is 13.3. The predicted octanol–water partition coefficient (Wildman–Crippen LogP) is 1.62. The number of hydrogen-bond acceptors (Lipinski definition) is 7. The number of hydrogen-bond donors (Lipinski definition) is 2. The number of carbonyl (C=O) groups is 3. The quantitative estimate of drug-likeness (QED) is 0.444. The summed E-state index contributed by atoms with van der Waals surface area (Å²) in [5.74, 6) is -0.479. The highest BCUT2D eigenvalue weighted by atomic mass is 35.5. The maximum Gasteiger partial charge on any atom is 0.317 e. The molecule has 4 heterocycles. The van der Waals surface area contributed by atoms with Gasteiger partial charge in [-0.05, 0) is 50.8 Å². The average Bonchev–Trinajstić information content (AvgIpc) is 3.54. The molecule has 0 spiro atoms. The molecule has 3 fully saturated rings. The first kappa shape index (κ1) is 29.8. The molecule has 0 radical (unpaired) electrons. The summed E-state index contributed by atoms with van der Waals surface area (Å²) in [4.78, 5) is 46.6. The highest BCUT2D eigenvalue weighted by Crippen LogP contribution is 2.23. The number of halogens is 1. The summed E-state index contributed by atoms with van der Waals surface area (Å²) in [6, 6.07) is 2.54. The van der Waals surface area contributed by atoms with E-state index in [1.165, 1.54) is 22.3 Å². The van der Waals surface area contributed by atoms with Crippen LogP contribution in [0.5, 0.6) is 0 Å². The van der Waals surface area contributed by atoms with Crippen LogP contribution in [0.25, 0.3) is 6.08 Å². The van der Waals surface area contributed by atoms with Gasteiger partial charge < -0.3 is 20.0 Å². The highest BCUT2D eigenvalue weighted by molar-refractivity contribution is 7.92. The lowest BCUT2D eigenvalue weighted by molar-refractivity contribution is -0.143. The number of amides is 4. The molecule has 3 aliphatic heterocycles. The van der Waals surface area contributed by atoms with Crippen molar-refractivity contribution >= 4 is 56.9 Å². The normalized spacial score (nSPS) is 23.1. The summed E-state index contributed by atoms with van der Waals surface area (Å²) < 4.78 is 28.2. The summed E-state index contributed by atoms with van der Waals surface area (Å²) in [5.41, 5.74) is 0. The standard InChI is InChI=1S/C25H37ClN6O5S2/c1-2-27-25(35)30-14-12-29(13-15-30)17-19-5-3-11-32(19)23(33)18-31-10-4-6-21(24(31)34)28-39(36,37)16-9-20-7-8-22(26)38-20/h7-9,16,19,21,28H,2-6,10-15,17-18H2,1H3,(H,27,35)/b16-9+. The second kappa shape index (κ2) is 13.4. The summed E-state index contributed by atoms with van der Waals surface area (Å²) in [7, 11) is -3.85. The lowest BCUT2D eigenvalue weighted by Crippen LogP contribution is -2.56. The Labute approximate surface area is 239 Å². The van der Waals surface area contributed by atoms with E-state index < -0.39 is 16.1 Å². The van der Waals surface area contributed by atoms with Gasteiger partial charge in [0, 0.05) is 68.7 Å². The first-order chi connectivity index (χ1) is 18.6. The van der Waals surface area contributed by atoms with E-state index in [-0.39, 0.29) is 30.4 Å². The summed E-state index contributed by atoms with van der Waals surface area (Å²) in [5, 5.41) is 3.87. The Bertz CT molecular complexity index is 1170. The molecule has 4 rings (SSSR count). The fraction of sp³-hybridized carbons (Fsp3) is 0.640. The van der Waals surface area contributed by atoms with Crippen LogP contribution in [0.1, 0.15) is 37.5 Å². The molecule has 3 aliphatic rings. The van der Waals surface area contributed by atoms with Crippen LogP contribution in [0.4, 0.5) is 4.79 Å². The Morgan fingerprint density at radius 3 is 2.54 bits per heavy atom. The van der Waals surface area contributed by atoms with Gasteiger partial charge in [0.15, 0.2) is 0 Å². The van der Waals surface area contributed by atoms with Gasteiger partial charge in [0.1, 0.15) is 6.04 Å². The zero-order chi connectivity index (χ0) is 28.0. The molecular formula is C25H37ClN6O5S2.